The minimum Gasteiger partial charge on any atom is -0.349 e. The smallest absolute Gasteiger partial charge is 0.290 e. The van der Waals surface area contributed by atoms with Gasteiger partial charge in [0.1, 0.15) is 5.82 Å². The van der Waals surface area contributed by atoms with Gasteiger partial charge >= 0.3 is 0 Å². The fraction of sp³-hybridized carbons (Fsp3) is 0.700. The predicted molar refractivity (Wildman–Crippen MR) is 70.2 cm³/mol. The van der Waals surface area contributed by atoms with Gasteiger partial charge in [0.15, 0.2) is 0 Å². The van der Waals surface area contributed by atoms with Crippen molar-refractivity contribution in [2.45, 2.75) is 26.2 Å². The lowest BCUT2D eigenvalue weighted by atomic mass is 10.3. The number of rotatable bonds is 8. The lowest BCUT2D eigenvalue weighted by Crippen LogP contribution is -2.29. The van der Waals surface area contributed by atoms with Gasteiger partial charge in [-0.25, -0.2) is 18.1 Å². The topological polar surface area (TPSA) is 117 Å². The number of sulfonamides is 1. The Morgan fingerprint density at radius 1 is 1.37 bits per heavy atom. The molecule has 19 heavy (non-hydrogen) atoms. The van der Waals surface area contributed by atoms with Crippen LogP contribution in [0.1, 0.15) is 36.2 Å². The third kappa shape index (κ3) is 6.30. The molecule has 0 saturated heterocycles. The Bertz CT molecular complexity index is 511. The number of aryl methyl sites for hydroxylation is 1. The summed E-state index contributed by atoms with van der Waals surface area (Å²) in [6, 6.07) is 0. The average Bonchev–Trinajstić information content (AvgIpc) is 2.76. The van der Waals surface area contributed by atoms with Gasteiger partial charge in [0.2, 0.25) is 15.8 Å². The quantitative estimate of drug-likeness (QED) is 0.554. The molecule has 1 aromatic heterocycles. The van der Waals surface area contributed by atoms with Crippen LogP contribution < -0.4 is 10.0 Å². The molecule has 0 aliphatic rings. The van der Waals surface area contributed by atoms with E-state index >= 15 is 0 Å². The van der Waals surface area contributed by atoms with E-state index in [1.807, 2.05) is 6.92 Å². The molecule has 108 valence electrons. The Hall–Kier alpha value is -1.48. The Kier molecular flexibility index (Phi) is 5.90. The number of carbonyl (C=O) groups excluding carboxylic acids is 1. The zero-order valence-corrected chi connectivity index (χ0v) is 11.9. The van der Waals surface area contributed by atoms with Crippen LogP contribution in [0.5, 0.6) is 0 Å². The standard InChI is InChI=1S/C10H19N5O3S/c1-3-5-8-13-9(15-14-8)10(16)11-6-4-7-12-19(2,17)18/h12H,3-7H2,1-2H3,(H,11,16)(H,13,14,15). The lowest BCUT2D eigenvalue weighted by Gasteiger charge is -2.03. The molecule has 0 spiro atoms. The van der Waals surface area contributed by atoms with Crippen LogP contribution >= 0.6 is 0 Å². The first-order valence-corrected chi connectivity index (χ1v) is 7.95. The Morgan fingerprint density at radius 2 is 2.11 bits per heavy atom. The van der Waals surface area contributed by atoms with Crippen molar-refractivity contribution in [2.24, 2.45) is 0 Å². The van der Waals surface area contributed by atoms with Gasteiger partial charge in [-0.15, -0.1) is 5.10 Å². The van der Waals surface area contributed by atoms with Crippen molar-refractivity contribution in [1.29, 1.82) is 0 Å². The Morgan fingerprint density at radius 3 is 2.74 bits per heavy atom. The molecular formula is C10H19N5O3S. The summed E-state index contributed by atoms with van der Waals surface area (Å²) in [6.07, 6.45) is 3.27. The minimum absolute atomic E-state index is 0.111. The van der Waals surface area contributed by atoms with Crippen molar-refractivity contribution in [3.8, 4) is 0 Å². The van der Waals surface area contributed by atoms with Gasteiger partial charge in [-0.3, -0.25) is 9.89 Å². The number of hydrogen-bond acceptors (Lipinski definition) is 5. The first-order valence-electron chi connectivity index (χ1n) is 6.06. The summed E-state index contributed by atoms with van der Waals surface area (Å²) in [6.45, 7) is 2.66. The van der Waals surface area contributed by atoms with E-state index in [-0.39, 0.29) is 18.3 Å². The van der Waals surface area contributed by atoms with Crippen molar-refractivity contribution in [3.05, 3.63) is 11.6 Å². The van der Waals surface area contributed by atoms with Crippen LogP contribution in [0.2, 0.25) is 0 Å². The van der Waals surface area contributed by atoms with E-state index in [0.717, 1.165) is 19.1 Å². The van der Waals surface area contributed by atoms with Crippen LogP contribution in [0.4, 0.5) is 0 Å². The van der Waals surface area contributed by atoms with E-state index in [9.17, 15) is 13.2 Å². The van der Waals surface area contributed by atoms with Gasteiger partial charge in [0, 0.05) is 19.5 Å². The monoisotopic (exact) mass is 289 g/mol. The van der Waals surface area contributed by atoms with Gasteiger partial charge in [0.25, 0.3) is 5.91 Å². The molecule has 0 aliphatic heterocycles. The van der Waals surface area contributed by atoms with E-state index < -0.39 is 10.0 Å². The van der Waals surface area contributed by atoms with Crippen LogP contribution in [0.3, 0.4) is 0 Å². The van der Waals surface area contributed by atoms with Gasteiger partial charge in [-0.2, -0.15) is 0 Å². The molecule has 0 aliphatic carbocycles. The van der Waals surface area contributed by atoms with Crippen molar-refractivity contribution >= 4 is 15.9 Å². The summed E-state index contributed by atoms with van der Waals surface area (Å²) in [5.41, 5.74) is 0. The summed E-state index contributed by atoms with van der Waals surface area (Å²) < 4.78 is 23.9. The molecule has 1 rings (SSSR count). The SMILES string of the molecule is CCCc1nc(C(=O)NCCCNS(C)(=O)=O)n[nH]1. The van der Waals surface area contributed by atoms with E-state index in [4.69, 9.17) is 0 Å². The van der Waals surface area contributed by atoms with Crippen molar-refractivity contribution in [2.75, 3.05) is 19.3 Å². The van der Waals surface area contributed by atoms with Crippen LogP contribution in [-0.4, -0.2) is 48.9 Å². The van der Waals surface area contributed by atoms with Crippen LogP contribution in [0, 0.1) is 0 Å². The number of aromatic amines is 1. The van der Waals surface area contributed by atoms with Crippen molar-refractivity contribution < 1.29 is 13.2 Å². The molecule has 0 unspecified atom stereocenters. The maximum atomic E-state index is 11.6. The second-order valence-electron chi connectivity index (χ2n) is 4.13. The molecule has 0 bridgehead atoms. The largest absolute Gasteiger partial charge is 0.349 e. The number of aromatic nitrogens is 3. The lowest BCUT2D eigenvalue weighted by molar-refractivity contribution is 0.0943. The first kappa shape index (κ1) is 15.6. The molecule has 0 fully saturated rings. The molecule has 0 radical (unpaired) electrons. The number of amides is 1. The molecular weight excluding hydrogens is 270 g/mol. The van der Waals surface area contributed by atoms with Gasteiger partial charge in [-0.1, -0.05) is 6.92 Å². The highest BCUT2D eigenvalue weighted by Gasteiger charge is 2.11. The van der Waals surface area contributed by atoms with E-state index in [1.165, 1.54) is 0 Å². The van der Waals surface area contributed by atoms with Gasteiger partial charge in [-0.05, 0) is 12.8 Å². The molecule has 0 saturated carbocycles. The third-order valence-electron chi connectivity index (χ3n) is 2.22. The molecule has 0 atom stereocenters. The summed E-state index contributed by atoms with van der Waals surface area (Å²) >= 11 is 0. The molecule has 1 amide bonds. The number of nitrogens with zero attached hydrogens (tertiary/aromatic N) is 2. The van der Waals surface area contributed by atoms with E-state index in [1.54, 1.807) is 0 Å². The van der Waals surface area contributed by atoms with Crippen LogP contribution in [0.25, 0.3) is 0 Å². The molecule has 0 aromatic carbocycles. The predicted octanol–water partition coefficient (Wildman–Crippen LogP) is -0.574. The Labute approximate surface area is 112 Å². The molecule has 8 nitrogen and oxygen atoms in total. The fourth-order valence-corrected chi connectivity index (χ4v) is 1.89. The molecule has 1 aromatic rings. The highest BCUT2D eigenvalue weighted by Crippen LogP contribution is 1.96. The number of carbonyl (C=O) groups is 1. The Balaban J connectivity index is 2.27. The first-order chi connectivity index (χ1) is 8.92. The highest BCUT2D eigenvalue weighted by atomic mass is 32.2. The normalized spacial score (nSPS) is 11.5. The van der Waals surface area contributed by atoms with Crippen molar-refractivity contribution in [1.82, 2.24) is 25.2 Å². The van der Waals surface area contributed by atoms with E-state index in [2.05, 4.69) is 25.2 Å². The zero-order valence-electron chi connectivity index (χ0n) is 11.1. The average molecular weight is 289 g/mol. The summed E-state index contributed by atoms with van der Waals surface area (Å²) in [7, 11) is -3.17. The highest BCUT2D eigenvalue weighted by molar-refractivity contribution is 7.88. The minimum atomic E-state index is -3.17. The summed E-state index contributed by atoms with van der Waals surface area (Å²) in [5, 5.41) is 9.13. The number of hydrogen-bond donors (Lipinski definition) is 3. The summed E-state index contributed by atoms with van der Waals surface area (Å²) in [4.78, 5) is 15.7. The number of H-pyrrole nitrogens is 1. The maximum Gasteiger partial charge on any atom is 0.290 e. The van der Waals surface area contributed by atoms with Crippen LogP contribution in [0.15, 0.2) is 0 Å². The van der Waals surface area contributed by atoms with Gasteiger partial charge < -0.3 is 5.32 Å². The molecule has 1 heterocycles. The fourth-order valence-electron chi connectivity index (χ4n) is 1.37. The molecule has 9 heteroatoms. The van der Waals surface area contributed by atoms with Crippen molar-refractivity contribution in [3.63, 3.8) is 0 Å². The van der Waals surface area contributed by atoms with Gasteiger partial charge in [0.05, 0.1) is 6.26 Å². The molecule has 3 N–H and O–H groups in total. The number of nitrogens with one attached hydrogen (secondary N) is 3. The maximum absolute atomic E-state index is 11.6. The third-order valence-corrected chi connectivity index (χ3v) is 2.95. The van der Waals surface area contributed by atoms with Crippen LogP contribution in [-0.2, 0) is 16.4 Å². The van der Waals surface area contributed by atoms with E-state index in [0.29, 0.717) is 18.8 Å². The summed E-state index contributed by atoms with van der Waals surface area (Å²) in [5.74, 6) is 0.434. The zero-order chi connectivity index (χ0) is 14.3. The second-order valence-corrected chi connectivity index (χ2v) is 5.96. The second kappa shape index (κ2) is 7.19.